The number of hydrogen-bond acceptors (Lipinski definition) is 2. The van der Waals surface area contributed by atoms with E-state index in [2.05, 4.69) is 129 Å². The van der Waals surface area contributed by atoms with E-state index >= 15 is 0 Å². The summed E-state index contributed by atoms with van der Waals surface area (Å²) in [7, 11) is 0. The molecule has 0 aliphatic heterocycles. The summed E-state index contributed by atoms with van der Waals surface area (Å²) in [4.78, 5) is 9.83. The minimum atomic E-state index is 0.966. The molecule has 0 bridgehead atoms. The molecule has 0 atom stereocenters. The van der Waals surface area contributed by atoms with Crippen LogP contribution in [-0.4, -0.2) is 18.9 Å². The van der Waals surface area contributed by atoms with Crippen molar-refractivity contribution in [2.45, 2.75) is 0 Å². The smallest absolute Gasteiger partial charge is 0.147 e. The molecule has 4 aromatic heterocycles. The number of fused-ring (bicyclic) bond motifs is 12. The van der Waals surface area contributed by atoms with Gasteiger partial charge >= 0.3 is 0 Å². The van der Waals surface area contributed by atoms with Crippen molar-refractivity contribution >= 4 is 60.2 Å². The number of rotatable bonds is 2. The average Bonchev–Trinajstić information content (AvgIpc) is 3.58. The van der Waals surface area contributed by atoms with Crippen molar-refractivity contribution in [1.82, 2.24) is 18.9 Å². The Morgan fingerprint density at radius 2 is 1.27 bits per heavy atom. The van der Waals surface area contributed by atoms with E-state index in [-0.39, 0.29) is 0 Å². The number of aromatic nitrogens is 4. The number of para-hydroxylation sites is 4. The lowest BCUT2D eigenvalue weighted by Gasteiger charge is -2.12. The zero-order valence-electron chi connectivity index (χ0n) is 21.5. The van der Waals surface area contributed by atoms with E-state index in [1.165, 1.54) is 38.0 Å². The summed E-state index contributed by atoms with van der Waals surface area (Å²) in [6.07, 6.45) is 1.85. The monoisotopic (exact) mass is 510 g/mol. The second-order valence-corrected chi connectivity index (χ2v) is 10.3. The van der Waals surface area contributed by atoms with Crippen molar-refractivity contribution in [3.8, 4) is 16.9 Å². The molecule has 0 aliphatic carbocycles. The zero-order chi connectivity index (χ0) is 26.2. The lowest BCUT2D eigenvalue weighted by atomic mass is 10.0. The van der Waals surface area contributed by atoms with Crippen LogP contribution in [0.5, 0.6) is 0 Å². The number of benzene rings is 5. The normalized spacial score (nSPS) is 12.0. The highest BCUT2D eigenvalue weighted by Crippen LogP contribution is 2.42. The lowest BCUT2D eigenvalue weighted by Crippen LogP contribution is -1.95. The summed E-state index contributed by atoms with van der Waals surface area (Å²) < 4.78 is 4.71. The molecule has 5 aromatic carbocycles. The van der Waals surface area contributed by atoms with Gasteiger partial charge in [0.25, 0.3) is 0 Å². The molecule has 0 fully saturated rings. The minimum absolute atomic E-state index is 0.966. The standard InChI is InChI=1S/C36H22N4/c1-4-16-30-25(12-1)26-19-20-33-34(35(26)36-38-29-15-3-6-18-32(29)40(30)36)27-13-2-5-17-31(27)39(33)24-11-9-10-23(22-24)28-14-7-8-21-37-28/h1-22H. The van der Waals surface area contributed by atoms with Crippen LogP contribution in [0.15, 0.2) is 134 Å². The Morgan fingerprint density at radius 1 is 0.500 bits per heavy atom. The Labute approximate surface area is 229 Å². The predicted octanol–water partition coefficient (Wildman–Crippen LogP) is 8.95. The molecule has 0 radical (unpaired) electrons. The first kappa shape index (κ1) is 21.5. The molecule has 0 aliphatic rings. The van der Waals surface area contributed by atoms with Gasteiger partial charge in [-0.25, -0.2) is 4.98 Å². The van der Waals surface area contributed by atoms with Gasteiger partial charge in [-0.3, -0.25) is 9.38 Å². The maximum Gasteiger partial charge on any atom is 0.147 e. The zero-order valence-corrected chi connectivity index (χ0v) is 21.5. The van der Waals surface area contributed by atoms with Crippen molar-refractivity contribution in [1.29, 1.82) is 0 Å². The molecule has 40 heavy (non-hydrogen) atoms. The maximum absolute atomic E-state index is 5.23. The van der Waals surface area contributed by atoms with Crippen LogP contribution in [0, 0.1) is 0 Å². The molecular weight excluding hydrogens is 488 g/mol. The van der Waals surface area contributed by atoms with Crippen LogP contribution >= 0.6 is 0 Å². The van der Waals surface area contributed by atoms with Crippen LogP contribution in [0.2, 0.25) is 0 Å². The fourth-order valence-corrected chi connectivity index (χ4v) is 6.47. The lowest BCUT2D eigenvalue weighted by molar-refractivity contribution is 1.18. The third kappa shape index (κ3) is 2.85. The largest absolute Gasteiger partial charge is 0.309 e. The summed E-state index contributed by atoms with van der Waals surface area (Å²) in [5.74, 6) is 0. The Balaban J connectivity index is 1.49. The van der Waals surface area contributed by atoms with Crippen molar-refractivity contribution in [3.05, 3.63) is 134 Å². The summed E-state index contributed by atoms with van der Waals surface area (Å²) >= 11 is 0. The van der Waals surface area contributed by atoms with E-state index < -0.39 is 0 Å². The first-order valence-electron chi connectivity index (χ1n) is 13.5. The molecule has 0 N–H and O–H groups in total. The van der Waals surface area contributed by atoms with Gasteiger partial charge < -0.3 is 4.57 Å². The molecule has 4 heteroatoms. The second-order valence-electron chi connectivity index (χ2n) is 10.3. The minimum Gasteiger partial charge on any atom is -0.309 e. The molecule has 0 spiro atoms. The van der Waals surface area contributed by atoms with Gasteiger partial charge in [0.2, 0.25) is 0 Å². The molecule has 186 valence electrons. The highest BCUT2D eigenvalue weighted by molar-refractivity contribution is 6.29. The molecule has 0 saturated heterocycles. The molecule has 4 nitrogen and oxygen atoms in total. The topological polar surface area (TPSA) is 35.1 Å². The van der Waals surface area contributed by atoms with Crippen molar-refractivity contribution in [2.24, 2.45) is 0 Å². The Hall–Kier alpha value is -5.48. The van der Waals surface area contributed by atoms with Crippen LogP contribution in [0.3, 0.4) is 0 Å². The van der Waals surface area contributed by atoms with E-state index in [1.807, 2.05) is 18.3 Å². The van der Waals surface area contributed by atoms with Crippen molar-refractivity contribution < 1.29 is 0 Å². The molecule has 0 saturated carbocycles. The molecular formula is C36H22N4. The highest BCUT2D eigenvalue weighted by Gasteiger charge is 2.20. The van der Waals surface area contributed by atoms with E-state index in [0.717, 1.165) is 39.1 Å². The van der Waals surface area contributed by atoms with Crippen LogP contribution in [-0.2, 0) is 0 Å². The van der Waals surface area contributed by atoms with E-state index in [9.17, 15) is 0 Å². The molecule has 0 amide bonds. The number of nitrogens with zero attached hydrogens (tertiary/aromatic N) is 4. The number of hydrogen-bond donors (Lipinski definition) is 0. The number of pyridine rings is 2. The average molecular weight is 511 g/mol. The molecule has 4 heterocycles. The van der Waals surface area contributed by atoms with Gasteiger partial charge in [0, 0.05) is 39.0 Å². The van der Waals surface area contributed by atoms with Crippen LogP contribution in [0.25, 0.3) is 77.1 Å². The van der Waals surface area contributed by atoms with Gasteiger partial charge in [-0.2, -0.15) is 0 Å². The number of imidazole rings is 1. The Bertz CT molecular complexity index is 2430. The fourth-order valence-electron chi connectivity index (χ4n) is 6.47. The predicted molar refractivity (Wildman–Crippen MR) is 165 cm³/mol. The van der Waals surface area contributed by atoms with E-state index in [4.69, 9.17) is 4.98 Å². The third-order valence-electron chi connectivity index (χ3n) is 8.12. The van der Waals surface area contributed by atoms with Gasteiger partial charge in [-0.15, -0.1) is 0 Å². The highest BCUT2D eigenvalue weighted by atomic mass is 15.0. The maximum atomic E-state index is 5.23. The molecule has 0 unspecified atom stereocenters. The van der Waals surface area contributed by atoms with Crippen LogP contribution < -0.4 is 0 Å². The Morgan fingerprint density at radius 3 is 2.15 bits per heavy atom. The van der Waals surface area contributed by atoms with Gasteiger partial charge in [-0.05, 0) is 60.0 Å². The summed E-state index contributed by atoms with van der Waals surface area (Å²) in [5, 5.41) is 6.07. The summed E-state index contributed by atoms with van der Waals surface area (Å²) in [6, 6.07) is 45.1. The van der Waals surface area contributed by atoms with Crippen molar-refractivity contribution in [3.63, 3.8) is 0 Å². The second kappa shape index (κ2) is 8.01. The van der Waals surface area contributed by atoms with Crippen LogP contribution in [0.1, 0.15) is 0 Å². The molecule has 9 aromatic rings. The summed E-state index contributed by atoms with van der Waals surface area (Å²) in [5.41, 5.74) is 9.80. The van der Waals surface area contributed by atoms with Gasteiger partial charge in [0.05, 0.1) is 33.3 Å². The SMILES string of the molecule is c1ccc(-c2cccc(-n3c4ccccc4c4c5c(ccc43)c3ccccc3n3c4ccccc4nc53)c2)nc1. The first-order chi connectivity index (χ1) is 19.9. The van der Waals surface area contributed by atoms with Crippen LogP contribution in [0.4, 0.5) is 0 Å². The Kier molecular flexibility index (Phi) is 4.30. The van der Waals surface area contributed by atoms with Crippen molar-refractivity contribution in [2.75, 3.05) is 0 Å². The van der Waals surface area contributed by atoms with Gasteiger partial charge in [-0.1, -0.05) is 72.8 Å². The molecule has 9 rings (SSSR count). The van der Waals surface area contributed by atoms with Gasteiger partial charge in [0.15, 0.2) is 0 Å². The van der Waals surface area contributed by atoms with E-state index in [1.54, 1.807) is 0 Å². The quantitative estimate of drug-likeness (QED) is 0.218. The first-order valence-corrected chi connectivity index (χ1v) is 13.5. The third-order valence-corrected chi connectivity index (χ3v) is 8.12. The fraction of sp³-hybridized carbons (Fsp3) is 0. The van der Waals surface area contributed by atoms with Gasteiger partial charge in [0.1, 0.15) is 5.65 Å². The summed E-state index contributed by atoms with van der Waals surface area (Å²) in [6.45, 7) is 0. The van der Waals surface area contributed by atoms with E-state index in [0.29, 0.717) is 0 Å².